The average molecular weight is 184 g/mol. The second-order valence-electron chi connectivity index (χ2n) is 0.408. The van der Waals surface area contributed by atoms with Gasteiger partial charge in [0.1, 0.15) is 0 Å². The smallest absolute Gasteiger partial charge is 0.759 e. The summed E-state index contributed by atoms with van der Waals surface area (Å²) in [5.41, 5.74) is 0. The largest absolute Gasteiger partial charge is 2.00 e. The summed E-state index contributed by atoms with van der Waals surface area (Å²) in [5, 5.41) is 0. The molecule has 0 spiro atoms. The first-order chi connectivity index (χ1) is 2.00. The van der Waals surface area contributed by atoms with Crippen molar-refractivity contribution >= 4 is 10.4 Å². The Morgan fingerprint density at radius 3 is 1.14 bits per heavy atom. The van der Waals surface area contributed by atoms with Crippen LogP contribution in [0.3, 0.4) is 0 Å². The van der Waals surface area contributed by atoms with Gasteiger partial charge in [0.25, 0.3) is 0 Å². The molecule has 0 N–H and O–H groups in total. The fraction of sp³-hybridized carbons (Fsp3) is 0. The van der Waals surface area contributed by atoms with Crippen LogP contribution in [0.1, 0.15) is 0 Å². The van der Waals surface area contributed by atoms with Crippen LogP contribution in [-0.4, -0.2) is 17.5 Å². The van der Waals surface area contributed by atoms with Crippen molar-refractivity contribution in [2.45, 2.75) is 0 Å². The summed E-state index contributed by atoms with van der Waals surface area (Å²) < 4.78 is 34.1. The first-order valence-corrected chi connectivity index (χ1v) is 2.00. The van der Waals surface area contributed by atoms with Crippen LogP contribution in [-0.2, 0) is 29.9 Å². The van der Waals surface area contributed by atoms with Crippen molar-refractivity contribution < 1.29 is 66.6 Å². The van der Waals surface area contributed by atoms with E-state index < -0.39 is 10.4 Å². The SMILES string of the molecule is O=S(=O)([O-])[O-].[Na+].[Zn+2]. The predicted octanol–water partition coefficient (Wildman–Crippen LogP) is -4.34. The van der Waals surface area contributed by atoms with Crippen LogP contribution in [0.2, 0.25) is 0 Å². The predicted molar refractivity (Wildman–Crippen MR) is 10.5 cm³/mol. The van der Waals surface area contributed by atoms with E-state index in [0.717, 1.165) is 0 Å². The van der Waals surface area contributed by atoms with Gasteiger partial charge in [-0.25, -0.2) is 0 Å². The van der Waals surface area contributed by atoms with Crippen molar-refractivity contribution in [3.63, 3.8) is 0 Å². The van der Waals surface area contributed by atoms with Gasteiger partial charge in [0.2, 0.25) is 0 Å². The molecular formula is NaO4SZn+. The molecule has 7 heavy (non-hydrogen) atoms. The summed E-state index contributed by atoms with van der Waals surface area (Å²) in [4.78, 5) is 0. The van der Waals surface area contributed by atoms with Crippen LogP contribution < -0.4 is 29.6 Å². The van der Waals surface area contributed by atoms with E-state index in [0.29, 0.717) is 0 Å². The molecule has 0 rings (SSSR count). The molecule has 0 fully saturated rings. The molecule has 0 amide bonds. The van der Waals surface area contributed by atoms with Crippen LogP contribution in [0.25, 0.3) is 0 Å². The van der Waals surface area contributed by atoms with Crippen molar-refractivity contribution in [2.24, 2.45) is 0 Å². The molecule has 0 unspecified atom stereocenters. The molecule has 0 aliphatic rings. The monoisotopic (exact) mass is 183 g/mol. The molecule has 0 aromatic rings. The van der Waals surface area contributed by atoms with E-state index >= 15 is 0 Å². The Labute approximate surface area is 76.3 Å². The topological polar surface area (TPSA) is 80.3 Å². The van der Waals surface area contributed by atoms with E-state index in [-0.39, 0.29) is 49.0 Å². The molecule has 0 saturated carbocycles. The maximum atomic E-state index is 8.52. The van der Waals surface area contributed by atoms with Gasteiger partial charge in [-0.05, 0) is 0 Å². The van der Waals surface area contributed by atoms with E-state index in [1.807, 2.05) is 0 Å². The van der Waals surface area contributed by atoms with E-state index in [9.17, 15) is 0 Å². The Kier molecular flexibility index (Phi) is 12.7. The standard InChI is InChI=1S/Na.H2O4S.Zn/c;1-5(2,3)4;/h;(H2,1,2,3,4);/q+1;;+2/p-2. The van der Waals surface area contributed by atoms with Gasteiger partial charge in [-0.1, -0.05) is 0 Å². The molecule has 0 saturated heterocycles. The van der Waals surface area contributed by atoms with Crippen molar-refractivity contribution in [3.05, 3.63) is 0 Å². The van der Waals surface area contributed by atoms with E-state index in [4.69, 9.17) is 17.5 Å². The first kappa shape index (κ1) is 15.8. The van der Waals surface area contributed by atoms with Crippen molar-refractivity contribution in [2.75, 3.05) is 0 Å². The van der Waals surface area contributed by atoms with Gasteiger partial charge in [0.05, 0.1) is 0 Å². The van der Waals surface area contributed by atoms with Crippen molar-refractivity contribution in [1.29, 1.82) is 0 Å². The van der Waals surface area contributed by atoms with Crippen LogP contribution in [0.15, 0.2) is 0 Å². The molecule has 0 radical (unpaired) electrons. The number of hydrogen-bond donors (Lipinski definition) is 0. The molecule has 0 bridgehead atoms. The Morgan fingerprint density at radius 1 is 1.14 bits per heavy atom. The fourth-order valence-corrected chi connectivity index (χ4v) is 0. The van der Waals surface area contributed by atoms with Gasteiger partial charge >= 0.3 is 49.0 Å². The molecule has 0 atom stereocenters. The van der Waals surface area contributed by atoms with E-state index in [2.05, 4.69) is 0 Å². The van der Waals surface area contributed by atoms with Gasteiger partial charge < -0.3 is 9.11 Å². The molecule has 0 aliphatic heterocycles. The Bertz CT molecular complexity index is 94.9. The van der Waals surface area contributed by atoms with Crippen LogP contribution >= 0.6 is 0 Å². The van der Waals surface area contributed by atoms with Crippen molar-refractivity contribution in [1.82, 2.24) is 0 Å². The van der Waals surface area contributed by atoms with Crippen LogP contribution in [0.5, 0.6) is 0 Å². The van der Waals surface area contributed by atoms with Crippen LogP contribution in [0, 0.1) is 0 Å². The summed E-state index contributed by atoms with van der Waals surface area (Å²) >= 11 is 0. The molecule has 0 aromatic heterocycles. The molecule has 0 heterocycles. The van der Waals surface area contributed by atoms with Gasteiger partial charge in [-0.2, -0.15) is 0 Å². The normalized spacial score (nSPS) is 8.29. The average Bonchev–Trinajstić information content (AvgIpc) is 0.722. The Balaban J connectivity index is -0.0000000800. The summed E-state index contributed by atoms with van der Waals surface area (Å²) in [6.07, 6.45) is 0. The van der Waals surface area contributed by atoms with Gasteiger partial charge in [0, 0.05) is 10.4 Å². The minimum atomic E-state index is -5.17. The third kappa shape index (κ3) is 101. The molecule has 32 valence electrons. The molecule has 4 nitrogen and oxygen atoms in total. The second kappa shape index (κ2) is 5.63. The maximum absolute atomic E-state index is 8.52. The third-order valence-corrected chi connectivity index (χ3v) is 0. The zero-order valence-electron chi connectivity index (χ0n) is 3.75. The molecular weight excluding hydrogens is 184 g/mol. The minimum Gasteiger partial charge on any atom is -0.759 e. The molecule has 0 aliphatic carbocycles. The summed E-state index contributed by atoms with van der Waals surface area (Å²) in [6, 6.07) is 0. The summed E-state index contributed by atoms with van der Waals surface area (Å²) in [7, 11) is -5.17. The molecule has 7 heteroatoms. The Hall–Kier alpha value is 1.49. The van der Waals surface area contributed by atoms with Crippen molar-refractivity contribution in [3.8, 4) is 0 Å². The molecule has 0 aromatic carbocycles. The Morgan fingerprint density at radius 2 is 1.14 bits per heavy atom. The third-order valence-electron chi connectivity index (χ3n) is 0. The zero-order valence-corrected chi connectivity index (χ0v) is 9.53. The quantitative estimate of drug-likeness (QED) is 0.217. The minimum absolute atomic E-state index is 0. The van der Waals surface area contributed by atoms with E-state index in [1.165, 1.54) is 0 Å². The van der Waals surface area contributed by atoms with Crippen LogP contribution in [0.4, 0.5) is 0 Å². The fourth-order valence-electron chi connectivity index (χ4n) is 0. The number of hydrogen-bond acceptors (Lipinski definition) is 4. The maximum Gasteiger partial charge on any atom is 2.00 e. The van der Waals surface area contributed by atoms with E-state index in [1.54, 1.807) is 0 Å². The summed E-state index contributed by atoms with van der Waals surface area (Å²) in [5.74, 6) is 0. The van der Waals surface area contributed by atoms with Gasteiger partial charge in [-0.15, -0.1) is 0 Å². The zero-order chi connectivity index (χ0) is 4.50. The first-order valence-electron chi connectivity index (χ1n) is 0.667. The van der Waals surface area contributed by atoms with Gasteiger partial charge in [-0.3, -0.25) is 8.42 Å². The second-order valence-corrected chi connectivity index (χ2v) is 1.22. The number of rotatable bonds is 0. The van der Waals surface area contributed by atoms with Gasteiger partial charge in [0.15, 0.2) is 0 Å². The summed E-state index contributed by atoms with van der Waals surface area (Å²) in [6.45, 7) is 0.